The van der Waals surface area contributed by atoms with Crippen LogP contribution in [-0.4, -0.2) is 40.1 Å². The Hall–Kier alpha value is 0.400. The van der Waals surface area contributed by atoms with Gasteiger partial charge in [0.05, 0.1) is 10.9 Å². The van der Waals surface area contributed by atoms with E-state index in [4.69, 9.17) is 0 Å². The van der Waals surface area contributed by atoms with Gasteiger partial charge in [0.15, 0.2) is 0 Å². The van der Waals surface area contributed by atoms with Crippen molar-refractivity contribution in [1.29, 1.82) is 0 Å². The van der Waals surface area contributed by atoms with Crippen LogP contribution in [0.5, 0.6) is 0 Å². The maximum Gasteiger partial charge on any atom is 0.0695 e. The monoisotopic (exact) mass is 219 g/mol. The fourth-order valence-electron chi connectivity index (χ4n) is 2.37. The fourth-order valence-corrected chi connectivity index (χ4v) is 3.23. The third-order valence-electron chi connectivity index (χ3n) is 3.14. The van der Waals surface area contributed by atoms with Crippen molar-refractivity contribution >= 4 is 15.9 Å². The maximum atomic E-state index is 9.60. The van der Waals surface area contributed by atoms with Gasteiger partial charge in [0.2, 0.25) is 0 Å². The molecule has 64 valence electrons. The molecule has 2 saturated heterocycles. The predicted octanol–water partition coefficient (Wildman–Crippen LogP) is 0.977. The van der Waals surface area contributed by atoms with Gasteiger partial charge >= 0.3 is 0 Å². The number of alkyl halides is 1. The fraction of sp³-hybridized carbons (Fsp3) is 1.00. The Bertz CT molecular complexity index is 164. The predicted molar refractivity (Wildman–Crippen MR) is 47.9 cm³/mol. The highest BCUT2D eigenvalue weighted by molar-refractivity contribution is 9.09. The molecule has 0 aliphatic carbocycles. The molecule has 0 aromatic carbocycles. The second-order valence-corrected chi connectivity index (χ2v) is 4.77. The molecule has 0 amide bonds. The SMILES string of the molecule is CN1C2CCC1C(Br)C(O)C2. The van der Waals surface area contributed by atoms with Crippen molar-refractivity contribution < 1.29 is 5.11 Å². The summed E-state index contributed by atoms with van der Waals surface area (Å²) in [6, 6.07) is 1.22. The standard InChI is InChI=1S/C8H14BrNO/c1-10-5-2-3-6(10)8(9)7(11)4-5/h5-8,11H,2-4H2,1H3. The molecule has 0 radical (unpaired) electrons. The molecule has 1 N–H and O–H groups in total. The molecule has 0 spiro atoms. The molecular weight excluding hydrogens is 206 g/mol. The molecule has 0 aromatic rings. The van der Waals surface area contributed by atoms with Crippen LogP contribution in [0.3, 0.4) is 0 Å². The molecule has 2 aliphatic heterocycles. The second-order valence-electron chi connectivity index (χ2n) is 3.71. The lowest BCUT2D eigenvalue weighted by molar-refractivity contribution is 0.0594. The zero-order valence-corrected chi connectivity index (χ0v) is 8.29. The first-order valence-corrected chi connectivity index (χ1v) is 5.16. The van der Waals surface area contributed by atoms with E-state index in [0.717, 1.165) is 6.42 Å². The Labute approximate surface area is 75.7 Å². The highest BCUT2D eigenvalue weighted by atomic mass is 79.9. The maximum absolute atomic E-state index is 9.60. The van der Waals surface area contributed by atoms with Crippen LogP contribution in [0.25, 0.3) is 0 Å². The van der Waals surface area contributed by atoms with Crippen LogP contribution in [0.4, 0.5) is 0 Å². The molecular formula is C8H14BrNO. The molecule has 4 unspecified atom stereocenters. The van der Waals surface area contributed by atoms with Gasteiger partial charge in [-0.05, 0) is 26.3 Å². The molecule has 0 aromatic heterocycles. The van der Waals surface area contributed by atoms with Crippen LogP contribution in [-0.2, 0) is 0 Å². The summed E-state index contributed by atoms with van der Waals surface area (Å²) in [6.45, 7) is 0. The molecule has 4 atom stereocenters. The number of rotatable bonds is 0. The summed E-state index contributed by atoms with van der Waals surface area (Å²) in [4.78, 5) is 2.71. The molecule has 0 saturated carbocycles. The lowest BCUT2D eigenvalue weighted by Crippen LogP contribution is -2.49. The van der Waals surface area contributed by atoms with Gasteiger partial charge in [0.25, 0.3) is 0 Å². The Kier molecular flexibility index (Phi) is 1.98. The lowest BCUT2D eigenvalue weighted by atomic mass is 10.0. The summed E-state index contributed by atoms with van der Waals surface area (Å²) in [5, 5.41) is 9.60. The second kappa shape index (κ2) is 2.71. The molecule has 2 aliphatic rings. The highest BCUT2D eigenvalue weighted by Crippen LogP contribution is 2.37. The van der Waals surface area contributed by atoms with Gasteiger partial charge in [-0.2, -0.15) is 0 Å². The summed E-state index contributed by atoms with van der Waals surface area (Å²) < 4.78 is 0. The van der Waals surface area contributed by atoms with E-state index < -0.39 is 0 Å². The van der Waals surface area contributed by atoms with Gasteiger partial charge in [-0.25, -0.2) is 0 Å². The number of nitrogens with zero attached hydrogens (tertiary/aromatic N) is 1. The van der Waals surface area contributed by atoms with Gasteiger partial charge in [-0.1, -0.05) is 15.9 Å². The quantitative estimate of drug-likeness (QED) is 0.615. The smallest absolute Gasteiger partial charge is 0.0695 e. The minimum Gasteiger partial charge on any atom is -0.392 e. The van der Waals surface area contributed by atoms with E-state index in [1.807, 2.05) is 0 Å². The van der Waals surface area contributed by atoms with Crippen LogP contribution >= 0.6 is 15.9 Å². The van der Waals surface area contributed by atoms with Gasteiger partial charge < -0.3 is 5.11 Å². The zero-order valence-electron chi connectivity index (χ0n) is 6.70. The van der Waals surface area contributed by atoms with Crippen LogP contribution in [0.15, 0.2) is 0 Å². The highest BCUT2D eigenvalue weighted by Gasteiger charge is 2.43. The molecule has 2 bridgehead atoms. The topological polar surface area (TPSA) is 23.5 Å². The normalized spacial score (nSPS) is 51.5. The number of aliphatic hydroxyl groups excluding tert-OH is 1. The number of hydrogen-bond acceptors (Lipinski definition) is 2. The van der Waals surface area contributed by atoms with Crippen LogP contribution in [0.2, 0.25) is 0 Å². The zero-order chi connectivity index (χ0) is 8.01. The number of aliphatic hydroxyl groups is 1. The Balaban J connectivity index is 2.16. The number of halogens is 1. The minimum absolute atomic E-state index is 0.122. The van der Waals surface area contributed by atoms with Crippen molar-refractivity contribution in [2.75, 3.05) is 7.05 Å². The molecule has 2 nitrogen and oxygen atoms in total. The van der Waals surface area contributed by atoms with Crippen molar-refractivity contribution in [2.45, 2.75) is 42.3 Å². The van der Waals surface area contributed by atoms with E-state index >= 15 is 0 Å². The number of fused-ring (bicyclic) bond motifs is 2. The van der Waals surface area contributed by atoms with Crippen molar-refractivity contribution in [3.8, 4) is 0 Å². The molecule has 3 heteroatoms. The molecule has 2 fully saturated rings. The molecule has 2 rings (SSSR count). The third kappa shape index (κ3) is 1.14. The van der Waals surface area contributed by atoms with Crippen molar-refractivity contribution in [1.82, 2.24) is 4.90 Å². The summed E-state index contributed by atoms with van der Waals surface area (Å²) in [5.41, 5.74) is 0. The van der Waals surface area contributed by atoms with E-state index in [1.165, 1.54) is 12.8 Å². The Morgan fingerprint density at radius 3 is 2.91 bits per heavy atom. The Morgan fingerprint density at radius 2 is 2.18 bits per heavy atom. The van der Waals surface area contributed by atoms with Crippen LogP contribution < -0.4 is 0 Å². The Morgan fingerprint density at radius 1 is 1.45 bits per heavy atom. The number of hydrogen-bond donors (Lipinski definition) is 1. The van der Waals surface area contributed by atoms with E-state index in [9.17, 15) is 5.11 Å². The first-order chi connectivity index (χ1) is 5.20. The van der Waals surface area contributed by atoms with E-state index in [1.54, 1.807) is 0 Å². The summed E-state index contributed by atoms with van der Waals surface area (Å²) in [6.07, 6.45) is 3.33. The van der Waals surface area contributed by atoms with Gasteiger partial charge in [0.1, 0.15) is 0 Å². The molecule has 2 heterocycles. The number of piperidine rings is 1. The largest absolute Gasteiger partial charge is 0.392 e. The summed E-state index contributed by atoms with van der Waals surface area (Å²) in [7, 11) is 2.17. The van der Waals surface area contributed by atoms with Crippen molar-refractivity contribution in [3.63, 3.8) is 0 Å². The van der Waals surface area contributed by atoms with Crippen molar-refractivity contribution in [3.05, 3.63) is 0 Å². The lowest BCUT2D eigenvalue weighted by Gasteiger charge is -2.37. The van der Waals surface area contributed by atoms with E-state index in [2.05, 4.69) is 27.9 Å². The van der Waals surface area contributed by atoms with Gasteiger partial charge in [-0.3, -0.25) is 4.90 Å². The first kappa shape index (κ1) is 8.02. The minimum atomic E-state index is -0.122. The van der Waals surface area contributed by atoms with Crippen LogP contribution in [0, 0.1) is 0 Å². The third-order valence-corrected chi connectivity index (χ3v) is 4.36. The van der Waals surface area contributed by atoms with Gasteiger partial charge in [-0.15, -0.1) is 0 Å². The van der Waals surface area contributed by atoms with Gasteiger partial charge in [0, 0.05) is 12.1 Å². The molecule has 11 heavy (non-hydrogen) atoms. The average molecular weight is 220 g/mol. The van der Waals surface area contributed by atoms with Crippen molar-refractivity contribution in [2.24, 2.45) is 0 Å². The van der Waals surface area contributed by atoms with E-state index in [0.29, 0.717) is 16.9 Å². The van der Waals surface area contributed by atoms with Crippen LogP contribution in [0.1, 0.15) is 19.3 Å². The summed E-state index contributed by atoms with van der Waals surface area (Å²) in [5.74, 6) is 0. The summed E-state index contributed by atoms with van der Waals surface area (Å²) >= 11 is 3.56. The average Bonchev–Trinajstić information content (AvgIpc) is 2.23. The van der Waals surface area contributed by atoms with E-state index in [-0.39, 0.29) is 6.10 Å². The first-order valence-electron chi connectivity index (χ1n) is 4.24.